The number of rotatable bonds is 19. The summed E-state index contributed by atoms with van der Waals surface area (Å²) in [6, 6.07) is 0. The molecular weight excluding hydrogens is 1140 g/mol. The van der Waals surface area contributed by atoms with Crippen LogP contribution in [0.2, 0.25) is 0 Å². The van der Waals surface area contributed by atoms with E-state index >= 15 is 0 Å². The third-order valence-electron chi connectivity index (χ3n) is 22.3. The maximum Gasteiger partial charge on any atom is 0.344 e. The van der Waals surface area contributed by atoms with Gasteiger partial charge in [-0.15, -0.1) is 0 Å². The molecule has 15 fully saturated rings. The average molecular weight is 1240 g/mol. The minimum Gasteiger partial charge on any atom is -0.463 e. The van der Waals surface area contributed by atoms with Gasteiger partial charge in [0.25, 0.3) is 0 Å². The first-order valence-electron chi connectivity index (χ1n) is 33.2. The zero-order chi connectivity index (χ0) is 63.7. The van der Waals surface area contributed by atoms with Gasteiger partial charge in [0.15, 0.2) is 13.2 Å². The van der Waals surface area contributed by atoms with Crippen molar-refractivity contribution < 1.29 is 100 Å². The SMILES string of the molecule is CCC(C)(C)C(=O)OC1C2CC3CC(C2)C(=O)OC1C3.CCC(C)(C)C(=O)OCC(=O)OC1C2CC3CC(C2)C(=O)OC1C3.CCC(C)(C)C(=O)OCCOC1C2CC3CC(C2)C(=O)OC1C3.CCC(C)C(=O)OCC(=O)OC1C2CC3C(=O)OC1C3C2. The van der Waals surface area contributed by atoms with Crippen LogP contribution < -0.4 is 0 Å². The predicted molar refractivity (Wildman–Crippen MR) is 310 cm³/mol. The van der Waals surface area contributed by atoms with Gasteiger partial charge in [0.05, 0.1) is 58.5 Å². The monoisotopic (exact) mass is 1240 g/mol. The van der Waals surface area contributed by atoms with Crippen molar-refractivity contribution in [1.82, 2.24) is 0 Å². The normalized spacial score (nSPS) is 36.6. The fourth-order valence-corrected chi connectivity index (χ4v) is 15.8. The molecule has 7 aliphatic heterocycles. The molecule has 8 aliphatic carbocycles. The van der Waals surface area contributed by atoms with Crippen molar-refractivity contribution in [3.63, 3.8) is 0 Å². The van der Waals surface area contributed by atoms with Crippen LogP contribution in [0.25, 0.3) is 0 Å². The number of carbonyl (C=O) groups excluding carboxylic acids is 10. The summed E-state index contributed by atoms with van der Waals surface area (Å²) in [4.78, 5) is 119. The zero-order valence-corrected chi connectivity index (χ0v) is 53.8. The third-order valence-corrected chi connectivity index (χ3v) is 22.3. The Morgan fingerprint density at radius 2 is 0.864 bits per heavy atom. The lowest BCUT2D eigenvalue weighted by Gasteiger charge is -2.42. The number of fused-ring (bicyclic) bond motifs is 4. The molecule has 21 nitrogen and oxygen atoms in total. The van der Waals surface area contributed by atoms with Gasteiger partial charge in [-0.05, 0) is 181 Å². The van der Waals surface area contributed by atoms with Crippen LogP contribution >= 0.6 is 0 Å². The molecular formula is C67H98O21. The number of esters is 10. The zero-order valence-electron chi connectivity index (χ0n) is 53.8. The van der Waals surface area contributed by atoms with E-state index in [2.05, 4.69) is 0 Å². The Morgan fingerprint density at radius 3 is 1.35 bits per heavy atom. The summed E-state index contributed by atoms with van der Waals surface area (Å²) in [5.74, 6) is 0.0881. The molecule has 0 amide bonds. The molecule has 0 radical (unpaired) electrons. The maximum absolute atomic E-state index is 12.3. The van der Waals surface area contributed by atoms with Crippen LogP contribution in [0.1, 0.15) is 192 Å². The average Bonchev–Trinajstić information content (AvgIpc) is 2.95. The highest BCUT2D eigenvalue weighted by molar-refractivity contribution is 5.81. The molecule has 7 heterocycles. The van der Waals surface area contributed by atoms with Gasteiger partial charge in [0.2, 0.25) is 0 Å². The van der Waals surface area contributed by atoms with Crippen LogP contribution in [-0.2, 0) is 100 Å². The Bertz CT molecular complexity index is 2610. The molecule has 0 spiro atoms. The Morgan fingerprint density at radius 1 is 0.443 bits per heavy atom. The second-order valence-electron chi connectivity index (χ2n) is 29.6. The van der Waals surface area contributed by atoms with Crippen LogP contribution in [0.5, 0.6) is 0 Å². The van der Waals surface area contributed by atoms with Crippen LogP contribution in [0.4, 0.5) is 0 Å². The van der Waals surface area contributed by atoms with E-state index in [1.807, 2.05) is 55.4 Å². The van der Waals surface area contributed by atoms with E-state index < -0.39 is 46.2 Å². The highest BCUT2D eigenvalue weighted by atomic mass is 16.6. The van der Waals surface area contributed by atoms with Crippen molar-refractivity contribution in [2.75, 3.05) is 26.4 Å². The van der Waals surface area contributed by atoms with E-state index in [-0.39, 0.29) is 146 Å². The molecule has 0 aromatic carbocycles. The first kappa shape index (κ1) is 67.1. The Hall–Kier alpha value is -5.34. The number of hydrogen-bond donors (Lipinski definition) is 0. The van der Waals surface area contributed by atoms with Gasteiger partial charge in [0.1, 0.15) is 49.3 Å². The minimum atomic E-state index is -0.615. The summed E-state index contributed by atoms with van der Waals surface area (Å²) in [5, 5.41) is 0. The Labute approximate surface area is 518 Å². The van der Waals surface area contributed by atoms with Crippen LogP contribution in [0.3, 0.4) is 0 Å². The molecule has 21 heteroatoms. The summed E-state index contributed by atoms with van der Waals surface area (Å²) in [6.45, 7) is 20.5. The largest absolute Gasteiger partial charge is 0.463 e. The number of hydrogen-bond acceptors (Lipinski definition) is 21. The number of carbonyl (C=O) groups is 10. The summed E-state index contributed by atoms with van der Waals surface area (Å²) < 4.78 is 60.1. The van der Waals surface area contributed by atoms with E-state index in [4.69, 9.17) is 52.1 Å². The molecule has 15 rings (SSSR count). The van der Waals surface area contributed by atoms with Crippen molar-refractivity contribution in [1.29, 1.82) is 0 Å². The lowest BCUT2D eigenvalue weighted by Crippen LogP contribution is -2.46. The molecule has 21 atom stereocenters. The summed E-state index contributed by atoms with van der Waals surface area (Å²) >= 11 is 0. The Kier molecular flexibility index (Phi) is 21.1. The molecule has 0 aromatic rings. The van der Waals surface area contributed by atoms with Crippen molar-refractivity contribution in [2.45, 2.75) is 241 Å². The molecule has 492 valence electrons. The molecule has 15 aliphatic rings. The summed E-state index contributed by atoms with van der Waals surface area (Å²) in [7, 11) is 0. The second kappa shape index (κ2) is 27.6. The highest BCUT2D eigenvalue weighted by Crippen LogP contribution is 2.56. The topological polar surface area (TPSA) is 272 Å². The molecule has 0 N–H and O–H groups in total. The van der Waals surface area contributed by atoms with Crippen LogP contribution in [0.15, 0.2) is 0 Å². The fourth-order valence-electron chi connectivity index (χ4n) is 15.8. The van der Waals surface area contributed by atoms with Gasteiger partial charge < -0.3 is 52.1 Å². The van der Waals surface area contributed by atoms with Gasteiger partial charge in [-0.2, -0.15) is 0 Å². The molecule has 88 heavy (non-hydrogen) atoms. The highest BCUT2D eigenvalue weighted by Gasteiger charge is 2.63. The van der Waals surface area contributed by atoms with E-state index in [0.29, 0.717) is 49.0 Å². The van der Waals surface area contributed by atoms with Gasteiger partial charge in [0, 0.05) is 23.7 Å². The fraction of sp³-hybridized carbons (Fsp3) is 0.851. The second-order valence-corrected chi connectivity index (χ2v) is 29.6. The van der Waals surface area contributed by atoms with E-state index in [0.717, 1.165) is 103 Å². The van der Waals surface area contributed by atoms with E-state index in [9.17, 15) is 47.9 Å². The quantitative estimate of drug-likeness (QED) is 0.0664. The van der Waals surface area contributed by atoms with Gasteiger partial charge in [-0.1, -0.05) is 34.6 Å². The molecule has 21 unspecified atom stereocenters. The van der Waals surface area contributed by atoms with Crippen LogP contribution in [0, 0.1) is 93.2 Å². The third kappa shape index (κ3) is 15.0. The summed E-state index contributed by atoms with van der Waals surface area (Å²) in [5.41, 5.74) is -1.53. The van der Waals surface area contributed by atoms with Gasteiger partial charge >= 0.3 is 59.7 Å². The molecule has 8 saturated carbocycles. The van der Waals surface area contributed by atoms with Crippen LogP contribution in [-0.4, -0.2) is 135 Å². The predicted octanol–water partition coefficient (Wildman–Crippen LogP) is 8.72. The van der Waals surface area contributed by atoms with Gasteiger partial charge in [-0.3, -0.25) is 38.4 Å². The van der Waals surface area contributed by atoms with Crippen molar-refractivity contribution in [2.24, 2.45) is 93.2 Å². The smallest absolute Gasteiger partial charge is 0.344 e. The molecule has 7 saturated heterocycles. The Balaban J connectivity index is 0.000000140. The van der Waals surface area contributed by atoms with Gasteiger partial charge in [-0.25, -0.2) is 9.59 Å². The first-order valence-corrected chi connectivity index (χ1v) is 33.2. The standard InChI is InChI=1S/C18H26O6.C18H28O5.C16H24O4.C15H20O6/c1-4-18(2,3)17(21)22-9-14(19)24-15-11-5-10-6-12(8-11)16(20)23-13(15)7-10;1-4-18(2,3)17(20)22-6-5-21-15-12-7-11-8-13(10-12)16(19)23-14(15)9-11;1-4-16(2,3)15(18)20-13-10-5-9-6-11(8-10)14(17)19-12(13)7-9;1-3-7(2)14(17)19-6-11(16)20-12-8-4-9-10(5-8)15(18)21-13(9)12/h10-13,15H,4-9H2,1-3H3;11-15H,4-10H2,1-3H3;9-13H,4-8H2,1-3H3;7-10,12-13H,3-6H2,1-2H3. The lowest BCUT2D eigenvalue weighted by molar-refractivity contribution is -0.180. The van der Waals surface area contributed by atoms with E-state index in [1.54, 1.807) is 20.8 Å². The summed E-state index contributed by atoms with van der Waals surface area (Å²) in [6.07, 6.45) is 13.5. The first-order chi connectivity index (χ1) is 41.6. The molecule has 14 bridgehead atoms. The van der Waals surface area contributed by atoms with Crippen molar-refractivity contribution in [3.8, 4) is 0 Å². The minimum absolute atomic E-state index is 0.00168. The molecule has 0 aromatic heterocycles. The van der Waals surface area contributed by atoms with Crippen molar-refractivity contribution >= 4 is 59.7 Å². The number of ether oxygens (including phenoxy) is 11. The maximum atomic E-state index is 12.3. The van der Waals surface area contributed by atoms with E-state index in [1.165, 1.54) is 0 Å². The van der Waals surface area contributed by atoms with Crippen molar-refractivity contribution in [3.05, 3.63) is 0 Å². The lowest BCUT2D eigenvalue weighted by atomic mass is 9.67.